The third-order valence-corrected chi connectivity index (χ3v) is 4.32. The summed E-state index contributed by atoms with van der Waals surface area (Å²) in [5, 5.41) is 2.93. The lowest BCUT2D eigenvalue weighted by molar-refractivity contribution is -0.156. The molecule has 5 heteroatoms. The third-order valence-electron chi connectivity index (χ3n) is 4.32. The molecule has 1 saturated carbocycles. The molecular formula is C19H27NO4. The summed E-state index contributed by atoms with van der Waals surface area (Å²) in [6.45, 7) is 7.29. The first-order chi connectivity index (χ1) is 11.4. The third kappa shape index (κ3) is 4.98. The number of carbonyl (C=O) groups excluding carboxylic acids is 2. The topological polar surface area (TPSA) is 64.6 Å². The number of ether oxygens (including phenoxy) is 2. The minimum absolute atomic E-state index is 0.203. The van der Waals surface area contributed by atoms with Crippen molar-refractivity contribution in [3.8, 4) is 5.75 Å². The summed E-state index contributed by atoms with van der Waals surface area (Å²) in [5.74, 6) is -0.0815. The van der Waals surface area contributed by atoms with Crippen LogP contribution in [0.2, 0.25) is 0 Å². The molecule has 0 radical (unpaired) electrons. The highest BCUT2D eigenvalue weighted by molar-refractivity contribution is 5.83. The van der Waals surface area contributed by atoms with Crippen LogP contribution >= 0.6 is 0 Å². The smallest absolute Gasteiger partial charge is 0.344 e. The zero-order chi connectivity index (χ0) is 17.7. The first kappa shape index (κ1) is 18.3. The Morgan fingerprint density at radius 1 is 1.17 bits per heavy atom. The van der Waals surface area contributed by atoms with Crippen LogP contribution < -0.4 is 10.1 Å². The minimum atomic E-state index is -0.804. The predicted octanol–water partition coefficient (Wildman–Crippen LogP) is 2.98. The molecule has 5 nitrogen and oxygen atoms in total. The van der Waals surface area contributed by atoms with Crippen molar-refractivity contribution in [2.24, 2.45) is 0 Å². The number of esters is 1. The molecule has 1 aromatic rings. The number of hydrogen-bond acceptors (Lipinski definition) is 4. The molecule has 0 bridgehead atoms. The van der Waals surface area contributed by atoms with Gasteiger partial charge in [-0.2, -0.15) is 0 Å². The normalized spacial score (nSPS) is 15.8. The highest BCUT2D eigenvalue weighted by Crippen LogP contribution is 2.24. The van der Waals surface area contributed by atoms with Gasteiger partial charge in [-0.1, -0.05) is 30.5 Å². The van der Waals surface area contributed by atoms with Crippen molar-refractivity contribution in [1.82, 2.24) is 5.32 Å². The van der Waals surface area contributed by atoms with Crippen LogP contribution in [0, 0.1) is 20.8 Å². The van der Waals surface area contributed by atoms with Crippen LogP contribution in [0.4, 0.5) is 0 Å². The predicted molar refractivity (Wildman–Crippen MR) is 92.1 cm³/mol. The second kappa shape index (κ2) is 8.18. The molecule has 0 unspecified atom stereocenters. The summed E-state index contributed by atoms with van der Waals surface area (Å²) in [6.07, 6.45) is 3.48. The number of rotatable bonds is 6. The van der Waals surface area contributed by atoms with Crippen molar-refractivity contribution >= 4 is 11.9 Å². The van der Waals surface area contributed by atoms with Crippen LogP contribution in [-0.2, 0) is 14.3 Å². The molecule has 1 aliphatic rings. The zero-order valence-corrected chi connectivity index (χ0v) is 15.0. The molecule has 1 amide bonds. The van der Waals surface area contributed by atoms with E-state index in [-0.39, 0.29) is 18.6 Å². The van der Waals surface area contributed by atoms with Crippen LogP contribution in [0.5, 0.6) is 5.75 Å². The summed E-state index contributed by atoms with van der Waals surface area (Å²) in [5.41, 5.74) is 3.11. The van der Waals surface area contributed by atoms with Gasteiger partial charge in [0.2, 0.25) is 0 Å². The molecule has 1 N–H and O–H groups in total. The monoisotopic (exact) mass is 333 g/mol. The Labute approximate surface area is 143 Å². The molecule has 24 heavy (non-hydrogen) atoms. The molecule has 0 spiro atoms. The summed E-state index contributed by atoms with van der Waals surface area (Å²) < 4.78 is 10.8. The molecule has 0 aliphatic heterocycles. The van der Waals surface area contributed by atoms with Gasteiger partial charge < -0.3 is 14.8 Å². The Morgan fingerprint density at radius 2 is 1.75 bits per heavy atom. The lowest BCUT2D eigenvalue weighted by Gasteiger charge is -2.18. The van der Waals surface area contributed by atoms with Gasteiger partial charge in [-0.05, 0) is 51.7 Å². The van der Waals surface area contributed by atoms with E-state index in [1.807, 2.05) is 32.9 Å². The van der Waals surface area contributed by atoms with Gasteiger partial charge in [0.25, 0.3) is 5.91 Å². The van der Waals surface area contributed by atoms with E-state index in [9.17, 15) is 9.59 Å². The van der Waals surface area contributed by atoms with Crippen molar-refractivity contribution in [1.29, 1.82) is 0 Å². The van der Waals surface area contributed by atoms with Crippen LogP contribution in [0.3, 0.4) is 0 Å². The van der Waals surface area contributed by atoms with Crippen molar-refractivity contribution in [3.63, 3.8) is 0 Å². The summed E-state index contributed by atoms with van der Waals surface area (Å²) in [7, 11) is 0. The first-order valence-electron chi connectivity index (χ1n) is 8.57. The molecule has 0 aromatic heterocycles. The molecule has 132 valence electrons. The highest BCUT2D eigenvalue weighted by atomic mass is 16.6. The SMILES string of the molecule is Cc1cc(C)c(OCC(=O)O[C@@H](C)C(=O)NC2CCCC2)c(C)c1. The van der Waals surface area contributed by atoms with Gasteiger partial charge in [-0.3, -0.25) is 4.79 Å². The first-order valence-corrected chi connectivity index (χ1v) is 8.57. The van der Waals surface area contributed by atoms with Gasteiger partial charge >= 0.3 is 5.97 Å². The van der Waals surface area contributed by atoms with Crippen molar-refractivity contribution in [2.75, 3.05) is 6.61 Å². The summed E-state index contributed by atoms with van der Waals surface area (Å²) in [4.78, 5) is 24.0. The standard InChI is InChI=1S/C19H27NO4/c1-12-9-13(2)18(14(3)10-12)23-11-17(21)24-15(4)19(22)20-16-7-5-6-8-16/h9-10,15-16H,5-8,11H2,1-4H3,(H,20,22)/t15-/m0/s1. The Balaban J connectivity index is 1.81. The fourth-order valence-corrected chi connectivity index (χ4v) is 3.20. The molecule has 0 saturated heterocycles. The van der Waals surface area contributed by atoms with Gasteiger partial charge in [0.15, 0.2) is 12.7 Å². The van der Waals surface area contributed by atoms with Gasteiger partial charge in [-0.25, -0.2) is 4.79 Å². The number of hydrogen-bond donors (Lipinski definition) is 1. The number of nitrogens with one attached hydrogen (secondary N) is 1. The van der Waals surface area contributed by atoms with Crippen molar-refractivity contribution < 1.29 is 19.1 Å². The minimum Gasteiger partial charge on any atom is -0.481 e. The van der Waals surface area contributed by atoms with Gasteiger partial charge in [0.1, 0.15) is 5.75 Å². The van der Waals surface area contributed by atoms with Crippen molar-refractivity contribution in [2.45, 2.75) is 65.5 Å². The number of carbonyl (C=O) groups is 2. The maximum absolute atomic E-state index is 12.0. The lowest BCUT2D eigenvalue weighted by Crippen LogP contribution is -2.41. The van der Waals surface area contributed by atoms with Crippen LogP contribution in [0.1, 0.15) is 49.3 Å². The van der Waals surface area contributed by atoms with Crippen LogP contribution in [0.25, 0.3) is 0 Å². The molecule has 1 fully saturated rings. The van der Waals surface area contributed by atoms with E-state index in [2.05, 4.69) is 5.32 Å². The van der Waals surface area contributed by atoms with E-state index in [1.54, 1.807) is 6.92 Å². The molecular weight excluding hydrogens is 306 g/mol. The molecule has 0 heterocycles. The average Bonchev–Trinajstić information content (AvgIpc) is 2.98. The largest absolute Gasteiger partial charge is 0.481 e. The van der Waals surface area contributed by atoms with Crippen LogP contribution in [-0.4, -0.2) is 30.6 Å². The fraction of sp³-hybridized carbons (Fsp3) is 0.579. The zero-order valence-electron chi connectivity index (χ0n) is 15.0. The van der Waals surface area contributed by atoms with E-state index in [4.69, 9.17) is 9.47 Å². The molecule has 1 atom stereocenters. The Morgan fingerprint density at radius 3 is 2.33 bits per heavy atom. The molecule has 1 aliphatic carbocycles. The summed E-state index contributed by atoms with van der Waals surface area (Å²) in [6, 6.07) is 4.23. The molecule has 1 aromatic carbocycles. The Kier molecular flexibility index (Phi) is 6.23. The van der Waals surface area contributed by atoms with Crippen molar-refractivity contribution in [3.05, 3.63) is 28.8 Å². The lowest BCUT2D eigenvalue weighted by atomic mass is 10.1. The Hall–Kier alpha value is -2.04. The number of aryl methyl sites for hydroxylation is 3. The van der Waals surface area contributed by atoms with E-state index < -0.39 is 12.1 Å². The van der Waals surface area contributed by atoms with Gasteiger partial charge in [-0.15, -0.1) is 0 Å². The quantitative estimate of drug-likeness (QED) is 0.813. The van der Waals surface area contributed by atoms with Gasteiger partial charge in [0, 0.05) is 6.04 Å². The number of amides is 1. The molecule has 2 rings (SSSR count). The van der Waals surface area contributed by atoms with Gasteiger partial charge in [0.05, 0.1) is 0 Å². The van der Waals surface area contributed by atoms with E-state index >= 15 is 0 Å². The van der Waals surface area contributed by atoms with E-state index in [0.717, 1.165) is 42.4 Å². The van der Waals surface area contributed by atoms with E-state index in [1.165, 1.54) is 0 Å². The number of benzene rings is 1. The highest BCUT2D eigenvalue weighted by Gasteiger charge is 2.23. The Bertz CT molecular complexity index is 582. The maximum Gasteiger partial charge on any atom is 0.344 e. The fourth-order valence-electron chi connectivity index (χ4n) is 3.20. The van der Waals surface area contributed by atoms with E-state index in [0.29, 0.717) is 5.75 Å². The van der Waals surface area contributed by atoms with Crippen LogP contribution in [0.15, 0.2) is 12.1 Å². The second-order valence-corrected chi connectivity index (χ2v) is 6.64. The second-order valence-electron chi connectivity index (χ2n) is 6.64. The maximum atomic E-state index is 12.0. The summed E-state index contributed by atoms with van der Waals surface area (Å²) >= 11 is 0. The average molecular weight is 333 g/mol.